The second kappa shape index (κ2) is 6.72. The van der Waals surface area contributed by atoms with Crippen molar-refractivity contribution in [3.63, 3.8) is 0 Å². The molecule has 1 aromatic carbocycles. The van der Waals surface area contributed by atoms with E-state index in [1.54, 1.807) is 25.4 Å². The van der Waals surface area contributed by atoms with E-state index in [9.17, 15) is 4.79 Å². The fourth-order valence-electron chi connectivity index (χ4n) is 2.33. The molecule has 0 unspecified atom stereocenters. The predicted octanol–water partition coefficient (Wildman–Crippen LogP) is 3.71. The number of halogens is 1. The first kappa shape index (κ1) is 15.5. The Bertz CT molecular complexity index is 651. The molecule has 4 heteroatoms. The van der Waals surface area contributed by atoms with Crippen LogP contribution >= 0.6 is 11.6 Å². The maximum atomic E-state index is 12.2. The first-order valence-electron chi connectivity index (χ1n) is 6.76. The second-order valence-electron chi connectivity index (χ2n) is 5.06. The van der Waals surface area contributed by atoms with Gasteiger partial charge in [0.1, 0.15) is 11.5 Å². The summed E-state index contributed by atoms with van der Waals surface area (Å²) in [6, 6.07) is 7.33. The van der Waals surface area contributed by atoms with Gasteiger partial charge in [-0.25, -0.2) is 0 Å². The number of carbonyl (C=O) groups is 1. The normalized spacial score (nSPS) is 10.5. The number of nitrogens with zero attached hydrogens (tertiary/aromatic N) is 1. The monoisotopic (exact) mass is 303 g/mol. The first-order valence-corrected chi connectivity index (χ1v) is 7.14. The molecule has 1 aromatic heterocycles. The molecule has 2 aromatic rings. The van der Waals surface area contributed by atoms with Gasteiger partial charge in [-0.1, -0.05) is 23.7 Å². The standard InChI is InChI=1S/C17H18ClNO2/c1-11-10-19-16(12(2)17(11)21-3)9-15(20)8-13-4-6-14(18)7-5-13/h4-7,10H,8-9H2,1-3H3. The summed E-state index contributed by atoms with van der Waals surface area (Å²) < 4.78 is 5.36. The molecule has 21 heavy (non-hydrogen) atoms. The number of Topliss-reactive ketones (excluding diaryl/α,β-unsaturated/α-hetero) is 1. The van der Waals surface area contributed by atoms with Gasteiger partial charge in [-0.15, -0.1) is 0 Å². The van der Waals surface area contributed by atoms with E-state index in [-0.39, 0.29) is 5.78 Å². The molecular formula is C17H18ClNO2. The average Bonchev–Trinajstić information content (AvgIpc) is 2.45. The van der Waals surface area contributed by atoms with E-state index in [1.807, 2.05) is 26.0 Å². The molecule has 0 fully saturated rings. The van der Waals surface area contributed by atoms with Crippen LogP contribution in [0.1, 0.15) is 22.4 Å². The smallest absolute Gasteiger partial charge is 0.143 e. The molecule has 0 saturated carbocycles. The van der Waals surface area contributed by atoms with Crippen molar-refractivity contribution in [2.24, 2.45) is 0 Å². The lowest BCUT2D eigenvalue weighted by molar-refractivity contribution is -0.117. The number of benzene rings is 1. The van der Waals surface area contributed by atoms with Crippen LogP contribution in [0.25, 0.3) is 0 Å². The Morgan fingerprint density at radius 1 is 1.19 bits per heavy atom. The van der Waals surface area contributed by atoms with E-state index in [1.165, 1.54) is 0 Å². The van der Waals surface area contributed by atoms with Crippen LogP contribution in [-0.4, -0.2) is 17.9 Å². The van der Waals surface area contributed by atoms with Gasteiger partial charge in [0.25, 0.3) is 0 Å². The van der Waals surface area contributed by atoms with Gasteiger partial charge in [0, 0.05) is 35.2 Å². The summed E-state index contributed by atoms with van der Waals surface area (Å²) in [4.78, 5) is 16.5. The Balaban J connectivity index is 2.11. The summed E-state index contributed by atoms with van der Waals surface area (Å²) in [5.41, 5.74) is 3.64. The highest BCUT2D eigenvalue weighted by atomic mass is 35.5. The summed E-state index contributed by atoms with van der Waals surface area (Å²) in [6.45, 7) is 3.88. The van der Waals surface area contributed by atoms with Crippen LogP contribution in [0.3, 0.4) is 0 Å². The van der Waals surface area contributed by atoms with E-state index in [0.29, 0.717) is 17.9 Å². The second-order valence-corrected chi connectivity index (χ2v) is 5.50. The molecule has 2 rings (SSSR count). The van der Waals surface area contributed by atoms with Crippen molar-refractivity contribution in [3.05, 3.63) is 57.9 Å². The number of ketones is 1. The lowest BCUT2D eigenvalue weighted by atomic mass is 10.0. The third-order valence-electron chi connectivity index (χ3n) is 3.43. The van der Waals surface area contributed by atoms with Crippen LogP contribution in [0, 0.1) is 13.8 Å². The highest BCUT2D eigenvalue weighted by Crippen LogP contribution is 2.24. The third kappa shape index (κ3) is 3.82. The zero-order valence-electron chi connectivity index (χ0n) is 12.4. The molecule has 110 valence electrons. The van der Waals surface area contributed by atoms with E-state index in [0.717, 1.165) is 28.1 Å². The molecular weight excluding hydrogens is 286 g/mol. The van der Waals surface area contributed by atoms with Crippen molar-refractivity contribution in [2.45, 2.75) is 26.7 Å². The topological polar surface area (TPSA) is 39.2 Å². The predicted molar refractivity (Wildman–Crippen MR) is 84.1 cm³/mol. The van der Waals surface area contributed by atoms with Crippen molar-refractivity contribution >= 4 is 17.4 Å². The van der Waals surface area contributed by atoms with E-state index >= 15 is 0 Å². The molecule has 3 nitrogen and oxygen atoms in total. The number of hydrogen-bond acceptors (Lipinski definition) is 3. The molecule has 0 saturated heterocycles. The molecule has 0 radical (unpaired) electrons. The Labute approximate surface area is 129 Å². The number of methoxy groups -OCH3 is 1. The van der Waals surface area contributed by atoms with Gasteiger partial charge in [-0.05, 0) is 31.5 Å². The average molecular weight is 304 g/mol. The largest absolute Gasteiger partial charge is 0.496 e. The van der Waals surface area contributed by atoms with E-state index in [2.05, 4.69) is 4.98 Å². The van der Waals surface area contributed by atoms with Crippen molar-refractivity contribution in [1.82, 2.24) is 4.98 Å². The maximum Gasteiger partial charge on any atom is 0.143 e. The van der Waals surface area contributed by atoms with Gasteiger partial charge in [-0.2, -0.15) is 0 Å². The van der Waals surface area contributed by atoms with Crippen LogP contribution in [-0.2, 0) is 17.6 Å². The van der Waals surface area contributed by atoms with Crippen LogP contribution in [0.5, 0.6) is 5.75 Å². The van der Waals surface area contributed by atoms with Crippen molar-refractivity contribution in [2.75, 3.05) is 7.11 Å². The summed E-state index contributed by atoms with van der Waals surface area (Å²) in [6.07, 6.45) is 2.44. The lowest BCUT2D eigenvalue weighted by Gasteiger charge is -2.11. The van der Waals surface area contributed by atoms with Crippen molar-refractivity contribution in [1.29, 1.82) is 0 Å². The van der Waals surface area contributed by atoms with Gasteiger partial charge in [-0.3, -0.25) is 9.78 Å². The van der Waals surface area contributed by atoms with Gasteiger partial charge in [0.2, 0.25) is 0 Å². The van der Waals surface area contributed by atoms with Crippen LogP contribution in [0.2, 0.25) is 5.02 Å². The zero-order chi connectivity index (χ0) is 15.4. The highest BCUT2D eigenvalue weighted by molar-refractivity contribution is 6.30. The Hall–Kier alpha value is -1.87. The quantitative estimate of drug-likeness (QED) is 0.845. The van der Waals surface area contributed by atoms with Crippen LogP contribution in [0.4, 0.5) is 0 Å². The number of hydrogen-bond donors (Lipinski definition) is 0. The number of aromatic nitrogens is 1. The third-order valence-corrected chi connectivity index (χ3v) is 3.68. The molecule has 0 amide bonds. The summed E-state index contributed by atoms with van der Waals surface area (Å²) in [7, 11) is 1.63. The Kier molecular flexibility index (Phi) is 4.97. The molecule has 0 aliphatic carbocycles. The van der Waals surface area contributed by atoms with Crippen LogP contribution in [0.15, 0.2) is 30.5 Å². The minimum atomic E-state index is 0.124. The van der Waals surface area contributed by atoms with Gasteiger partial charge < -0.3 is 4.74 Å². The molecule has 1 heterocycles. The summed E-state index contributed by atoms with van der Waals surface area (Å²) in [5, 5.41) is 0.673. The number of carbonyl (C=O) groups excluding carboxylic acids is 1. The van der Waals surface area contributed by atoms with Crippen LogP contribution < -0.4 is 4.74 Å². The molecule has 0 N–H and O–H groups in total. The van der Waals surface area contributed by atoms with Crippen molar-refractivity contribution < 1.29 is 9.53 Å². The molecule has 0 atom stereocenters. The van der Waals surface area contributed by atoms with Gasteiger partial charge >= 0.3 is 0 Å². The lowest BCUT2D eigenvalue weighted by Crippen LogP contribution is -2.10. The number of ether oxygens (including phenoxy) is 1. The maximum absolute atomic E-state index is 12.2. The molecule has 0 aliphatic rings. The summed E-state index contributed by atoms with van der Waals surface area (Å²) >= 11 is 5.84. The van der Waals surface area contributed by atoms with Crippen molar-refractivity contribution in [3.8, 4) is 5.75 Å². The van der Waals surface area contributed by atoms with E-state index in [4.69, 9.17) is 16.3 Å². The Morgan fingerprint density at radius 2 is 1.86 bits per heavy atom. The van der Waals surface area contributed by atoms with E-state index < -0.39 is 0 Å². The highest BCUT2D eigenvalue weighted by Gasteiger charge is 2.13. The van der Waals surface area contributed by atoms with Gasteiger partial charge in [0.05, 0.1) is 12.8 Å². The van der Waals surface area contributed by atoms with Gasteiger partial charge in [0.15, 0.2) is 0 Å². The molecule has 0 bridgehead atoms. The minimum absolute atomic E-state index is 0.124. The molecule has 0 spiro atoms. The Morgan fingerprint density at radius 3 is 2.48 bits per heavy atom. The summed E-state index contributed by atoms with van der Waals surface area (Å²) in [5.74, 6) is 0.929. The first-order chi connectivity index (χ1) is 10.0. The fraction of sp³-hybridized carbons (Fsp3) is 0.294. The number of rotatable bonds is 5. The minimum Gasteiger partial charge on any atom is -0.496 e. The number of pyridine rings is 1. The zero-order valence-corrected chi connectivity index (χ0v) is 13.2. The SMILES string of the molecule is COc1c(C)cnc(CC(=O)Cc2ccc(Cl)cc2)c1C. The number of aryl methyl sites for hydroxylation is 1. The fourth-order valence-corrected chi connectivity index (χ4v) is 2.45. The molecule has 0 aliphatic heterocycles.